The Balaban J connectivity index is 0.00000320. The van der Waals surface area contributed by atoms with E-state index in [0.717, 1.165) is 44.0 Å². The van der Waals surface area contributed by atoms with E-state index >= 15 is 0 Å². The van der Waals surface area contributed by atoms with Crippen LogP contribution in [-0.2, 0) is 6.42 Å². The summed E-state index contributed by atoms with van der Waals surface area (Å²) < 4.78 is 5.13. The van der Waals surface area contributed by atoms with Gasteiger partial charge in [-0.3, -0.25) is 4.99 Å². The van der Waals surface area contributed by atoms with Crippen LogP contribution in [0.1, 0.15) is 25.3 Å². The second-order valence-electron chi connectivity index (χ2n) is 7.25. The molecule has 1 aliphatic heterocycles. The first kappa shape index (κ1) is 24.1. The second-order valence-corrected chi connectivity index (χ2v) is 7.25. The van der Waals surface area contributed by atoms with Crippen LogP contribution < -0.4 is 20.3 Å². The molecule has 30 heavy (non-hydrogen) atoms. The number of guanidine groups is 1. The number of rotatable bonds is 7. The highest BCUT2D eigenvalue weighted by atomic mass is 127. The zero-order valence-corrected chi connectivity index (χ0v) is 20.1. The van der Waals surface area contributed by atoms with Crippen LogP contribution in [0, 0.1) is 0 Å². The van der Waals surface area contributed by atoms with Crippen LogP contribution in [0.5, 0.6) is 11.5 Å². The molecule has 0 amide bonds. The molecule has 0 aliphatic carbocycles. The van der Waals surface area contributed by atoms with Crippen LogP contribution >= 0.6 is 24.0 Å². The van der Waals surface area contributed by atoms with Crippen molar-refractivity contribution in [2.24, 2.45) is 4.99 Å². The Morgan fingerprint density at radius 3 is 2.53 bits per heavy atom. The van der Waals surface area contributed by atoms with Gasteiger partial charge in [-0.15, -0.1) is 24.0 Å². The zero-order chi connectivity index (χ0) is 20.5. The van der Waals surface area contributed by atoms with Crippen LogP contribution in [0.15, 0.2) is 53.5 Å². The maximum absolute atomic E-state index is 10.1. The van der Waals surface area contributed by atoms with Gasteiger partial charge in [0.25, 0.3) is 0 Å². The normalized spacial score (nSPS) is 14.7. The zero-order valence-electron chi connectivity index (χ0n) is 17.8. The maximum atomic E-state index is 10.1. The number of para-hydroxylation sites is 1. The van der Waals surface area contributed by atoms with E-state index in [9.17, 15) is 5.11 Å². The summed E-state index contributed by atoms with van der Waals surface area (Å²) in [6, 6.07) is 16.4. The number of aliphatic imine (C=N–C) groups is 1. The summed E-state index contributed by atoms with van der Waals surface area (Å²) in [4.78, 5) is 7.14. The summed E-state index contributed by atoms with van der Waals surface area (Å²) in [6.07, 6.45) is 2.84. The number of ether oxygens (including phenoxy) is 1. The number of nitrogens with zero attached hydrogens (tertiary/aromatic N) is 2. The number of piperidine rings is 1. The Hall–Kier alpha value is -2.16. The van der Waals surface area contributed by atoms with Crippen molar-refractivity contribution in [1.82, 2.24) is 10.6 Å². The number of phenolic OH excluding ortho intramolecular Hbond substituents is 1. The summed E-state index contributed by atoms with van der Waals surface area (Å²) >= 11 is 0. The Morgan fingerprint density at radius 1 is 1.17 bits per heavy atom. The predicted molar refractivity (Wildman–Crippen MR) is 135 cm³/mol. The molecule has 0 aromatic heterocycles. The number of phenols is 1. The summed E-state index contributed by atoms with van der Waals surface area (Å²) in [5, 5.41) is 17.0. The number of anilines is 1. The van der Waals surface area contributed by atoms with E-state index in [1.165, 1.54) is 5.69 Å². The van der Waals surface area contributed by atoms with Gasteiger partial charge in [-0.2, -0.15) is 0 Å². The summed E-state index contributed by atoms with van der Waals surface area (Å²) in [6.45, 7) is 5.59. The lowest BCUT2D eigenvalue weighted by Gasteiger charge is -2.34. The van der Waals surface area contributed by atoms with Gasteiger partial charge in [0.1, 0.15) is 11.5 Å². The van der Waals surface area contributed by atoms with Gasteiger partial charge in [0, 0.05) is 44.0 Å². The Labute approximate surface area is 196 Å². The first-order chi connectivity index (χ1) is 14.2. The van der Waals surface area contributed by atoms with Crippen molar-refractivity contribution in [1.29, 1.82) is 0 Å². The van der Waals surface area contributed by atoms with Crippen LogP contribution in [0.25, 0.3) is 0 Å². The molecule has 164 valence electrons. The third-order valence-electron chi connectivity index (χ3n) is 5.24. The van der Waals surface area contributed by atoms with Crippen molar-refractivity contribution >= 4 is 35.6 Å². The molecular formula is C23H33IN4O2. The van der Waals surface area contributed by atoms with E-state index in [2.05, 4.69) is 52.8 Å². The third kappa shape index (κ3) is 6.97. The van der Waals surface area contributed by atoms with E-state index < -0.39 is 0 Å². The number of aromatic hydroxyl groups is 1. The van der Waals surface area contributed by atoms with Crippen molar-refractivity contribution in [3.05, 3.63) is 54.1 Å². The van der Waals surface area contributed by atoms with Crippen LogP contribution in [0.3, 0.4) is 0 Å². The predicted octanol–water partition coefficient (Wildman–Crippen LogP) is 3.79. The van der Waals surface area contributed by atoms with E-state index in [0.29, 0.717) is 24.8 Å². The van der Waals surface area contributed by atoms with Gasteiger partial charge in [-0.05, 0) is 49.9 Å². The first-order valence-corrected chi connectivity index (χ1v) is 10.4. The molecule has 0 radical (unpaired) electrons. The fraction of sp³-hybridized carbons (Fsp3) is 0.435. The minimum absolute atomic E-state index is 0. The van der Waals surface area contributed by atoms with Crippen molar-refractivity contribution in [2.75, 3.05) is 38.2 Å². The van der Waals surface area contributed by atoms with Crippen LogP contribution in [0.4, 0.5) is 5.69 Å². The van der Waals surface area contributed by atoms with Gasteiger partial charge in [-0.25, -0.2) is 0 Å². The first-order valence-electron chi connectivity index (χ1n) is 10.4. The minimum Gasteiger partial charge on any atom is -0.508 e. The Bertz CT molecular complexity index is 793. The molecule has 2 aromatic rings. The van der Waals surface area contributed by atoms with Gasteiger partial charge < -0.3 is 25.4 Å². The van der Waals surface area contributed by atoms with E-state index in [1.807, 2.05) is 12.1 Å². The molecule has 0 saturated carbocycles. The molecule has 3 rings (SSSR count). The van der Waals surface area contributed by atoms with Crippen molar-refractivity contribution in [2.45, 2.75) is 32.2 Å². The fourth-order valence-electron chi connectivity index (χ4n) is 3.60. The molecule has 0 spiro atoms. The largest absolute Gasteiger partial charge is 0.508 e. The molecule has 1 heterocycles. The number of nitrogens with one attached hydrogen (secondary N) is 2. The maximum Gasteiger partial charge on any atom is 0.191 e. The average Bonchev–Trinajstić information content (AvgIpc) is 2.76. The highest BCUT2D eigenvalue weighted by Crippen LogP contribution is 2.23. The van der Waals surface area contributed by atoms with E-state index in [-0.39, 0.29) is 29.7 Å². The van der Waals surface area contributed by atoms with Crippen LogP contribution in [0.2, 0.25) is 0 Å². The minimum atomic E-state index is 0. The van der Waals surface area contributed by atoms with Crippen molar-refractivity contribution in [3.8, 4) is 11.5 Å². The lowest BCUT2D eigenvalue weighted by atomic mass is 10.0. The topological polar surface area (TPSA) is 69.1 Å². The molecule has 1 fully saturated rings. The summed E-state index contributed by atoms with van der Waals surface area (Å²) in [5.74, 6) is 1.76. The molecular weight excluding hydrogens is 491 g/mol. The molecule has 0 atom stereocenters. The molecule has 3 N–H and O–H groups in total. The number of halogens is 1. The number of hydrogen-bond donors (Lipinski definition) is 3. The standard InChI is InChI=1S/C23H32N4O2.HI/c1-3-24-23(25-14-11-18-9-10-21(29-2)17-22(18)28)26-19-12-15-27(16-13-19)20-7-5-4-6-8-20;/h4-10,17,19,28H,3,11-16H2,1-2H3,(H2,24,25,26);1H. The number of benzene rings is 2. The fourth-order valence-corrected chi connectivity index (χ4v) is 3.60. The monoisotopic (exact) mass is 524 g/mol. The van der Waals surface area contributed by atoms with Gasteiger partial charge in [0.15, 0.2) is 5.96 Å². The van der Waals surface area contributed by atoms with Crippen LogP contribution in [-0.4, -0.2) is 50.4 Å². The molecule has 0 unspecified atom stereocenters. The SMILES string of the molecule is CCNC(=NCCc1ccc(OC)cc1O)NC1CCN(c2ccccc2)CC1.I. The molecule has 6 nitrogen and oxygen atoms in total. The van der Waals surface area contributed by atoms with E-state index in [4.69, 9.17) is 9.73 Å². The molecule has 2 aromatic carbocycles. The smallest absolute Gasteiger partial charge is 0.191 e. The van der Waals surface area contributed by atoms with Gasteiger partial charge in [0.05, 0.1) is 7.11 Å². The highest BCUT2D eigenvalue weighted by Gasteiger charge is 2.20. The molecule has 1 aliphatic rings. The second kappa shape index (κ2) is 12.5. The summed E-state index contributed by atoms with van der Waals surface area (Å²) in [5.41, 5.74) is 2.17. The molecule has 7 heteroatoms. The lowest BCUT2D eigenvalue weighted by Crippen LogP contribution is -2.48. The van der Waals surface area contributed by atoms with Crippen molar-refractivity contribution in [3.63, 3.8) is 0 Å². The van der Waals surface area contributed by atoms with E-state index in [1.54, 1.807) is 13.2 Å². The number of methoxy groups -OCH3 is 1. The Kier molecular flexibility index (Phi) is 10.1. The van der Waals surface area contributed by atoms with Gasteiger partial charge >= 0.3 is 0 Å². The lowest BCUT2D eigenvalue weighted by molar-refractivity contribution is 0.406. The highest BCUT2D eigenvalue weighted by molar-refractivity contribution is 14.0. The van der Waals surface area contributed by atoms with Gasteiger partial charge in [0.2, 0.25) is 0 Å². The van der Waals surface area contributed by atoms with Gasteiger partial charge in [-0.1, -0.05) is 24.3 Å². The summed E-state index contributed by atoms with van der Waals surface area (Å²) in [7, 11) is 1.59. The molecule has 0 bridgehead atoms. The third-order valence-corrected chi connectivity index (χ3v) is 5.24. The Morgan fingerprint density at radius 2 is 1.90 bits per heavy atom. The average molecular weight is 524 g/mol. The number of hydrogen-bond acceptors (Lipinski definition) is 4. The van der Waals surface area contributed by atoms with Crippen molar-refractivity contribution < 1.29 is 9.84 Å². The molecule has 1 saturated heterocycles. The quantitative estimate of drug-likeness (QED) is 0.292.